The summed E-state index contributed by atoms with van der Waals surface area (Å²) in [5, 5.41) is 2.88. The van der Waals surface area contributed by atoms with Gasteiger partial charge in [-0.15, -0.1) is 12.4 Å². The van der Waals surface area contributed by atoms with Crippen LogP contribution in [0.2, 0.25) is 0 Å². The highest BCUT2D eigenvalue weighted by Gasteiger charge is 2.23. The second kappa shape index (κ2) is 7.84. The van der Waals surface area contributed by atoms with Crippen molar-refractivity contribution in [1.29, 1.82) is 0 Å². The molecule has 1 heterocycles. The van der Waals surface area contributed by atoms with Gasteiger partial charge in [-0.1, -0.05) is 0 Å². The Labute approximate surface area is 104 Å². The molecule has 96 valence electrons. The molecule has 1 atom stereocenters. The third kappa shape index (κ3) is 5.12. The summed E-state index contributed by atoms with van der Waals surface area (Å²) in [4.78, 5) is 15.6. The molecule has 0 aliphatic carbocycles. The van der Waals surface area contributed by atoms with Crippen LogP contribution in [0.25, 0.3) is 0 Å². The Balaban J connectivity index is 0.00000225. The molecular weight excluding hydrogens is 230 g/mol. The van der Waals surface area contributed by atoms with Gasteiger partial charge in [-0.05, 0) is 21.1 Å². The molecule has 6 heteroatoms. The van der Waals surface area contributed by atoms with E-state index in [1.165, 1.54) is 0 Å². The van der Waals surface area contributed by atoms with Gasteiger partial charge in [-0.3, -0.25) is 4.79 Å². The molecule has 16 heavy (non-hydrogen) atoms. The average Bonchev–Trinajstić information content (AvgIpc) is 2.17. The van der Waals surface area contributed by atoms with Crippen LogP contribution in [-0.4, -0.2) is 75.7 Å². The summed E-state index contributed by atoms with van der Waals surface area (Å²) in [6.45, 7) is 3.34. The number of halogens is 1. The number of carbonyl (C=O) groups excluding carboxylic acids is 1. The largest absolute Gasteiger partial charge is 0.373 e. The Kier molecular flexibility index (Phi) is 7.66. The quantitative estimate of drug-likeness (QED) is 0.726. The summed E-state index contributed by atoms with van der Waals surface area (Å²) >= 11 is 0. The molecule has 1 rings (SSSR count). The number of nitrogens with zero attached hydrogens (tertiary/aromatic N) is 2. The van der Waals surface area contributed by atoms with E-state index < -0.39 is 0 Å². The number of amides is 1. The Bertz CT molecular complexity index is 214. The SMILES string of the molecule is CNCC(=O)N1CCOC(CN(C)C)C1.Cl. The molecule has 0 aromatic carbocycles. The van der Waals surface area contributed by atoms with Gasteiger partial charge in [0.25, 0.3) is 0 Å². The van der Waals surface area contributed by atoms with E-state index in [0.717, 1.165) is 6.54 Å². The number of morpholine rings is 1. The topological polar surface area (TPSA) is 44.8 Å². The summed E-state index contributed by atoms with van der Waals surface area (Å²) in [6.07, 6.45) is 0.148. The Hall–Kier alpha value is -0.360. The molecule has 0 spiro atoms. The van der Waals surface area contributed by atoms with Crippen LogP contribution in [-0.2, 0) is 9.53 Å². The van der Waals surface area contributed by atoms with Crippen LogP contribution < -0.4 is 5.32 Å². The number of hydrogen-bond acceptors (Lipinski definition) is 4. The van der Waals surface area contributed by atoms with E-state index in [2.05, 4.69) is 10.2 Å². The first kappa shape index (κ1) is 15.6. The minimum absolute atomic E-state index is 0. The van der Waals surface area contributed by atoms with E-state index >= 15 is 0 Å². The lowest BCUT2D eigenvalue weighted by molar-refractivity contribution is -0.138. The first-order valence-corrected chi connectivity index (χ1v) is 5.32. The maximum Gasteiger partial charge on any atom is 0.236 e. The van der Waals surface area contributed by atoms with Crippen molar-refractivity contribution in [3.05, 3.63) is 0 Å². The van der Waals surface area contributed by atoms with Crippen LogP contribution in [0.5, 0.6) is 0 Å². The Morgan fingerprint density at radius 3 is 2.81 bits per heavy atom. The zero-order valence-corrected chi connectivity index (χ0v) is 11.0. The molecule has 1 N–H and O–H groups in total. The Morgan fingerprint density at radius 1 is 1.56 bits per heavy atom. The minimum Gasteiger partial charge on any atom is -0.373 e. The third-order valence-electron chi connectivity index (χ3n) is 2.39. The van der Waals surface area contributed by atoms with E-state index in [9.17, 15) is 4.79 Å². The molecule has 0 aromatic heterocycles. The monoisotopic (exact) mass is 251 g/mol. The standard InChI is InChI=1S/C10H21N3O2.ClH/c1-11-6-10(14)13-4-5-15-9(8-13)7-12(2)3;/h9,11H,4-8H2,1-3H3;1H. The first-order valence-electron chi connectivity index (χ1n) is 5.32. The summed E-state index contributed by atoms with van der Waals surface area (Å²) in [5.41, 5.74) is 0. The maximum atomic E-state index is 11.6. The second-order valence-electron chi connectivity index (χ2n) is 4.13. The van der Waals surface area contributed by atoms with Gasteiger partial charge >= 0.3 is 0 Å². The van der Waals surface area contributed by atoms with Gasteiger partial charge in [0.2, 0.25) is 5.91 Å². The highest BCUT2D eigenvalue weighted by atomic mass is 35.5. The van der Waals surface area contributed by atoms with Gasteiger partial charge in [0.15, 0.2) is 0 Å². The van der Waals surface area contributed by atoms with Crippen molar-refractivity contribution in [3.8, 4) is 0 Å². The average molecular weight is 252 g/mol. The maximum absolute atomic E-state index is 11.6. The molecule has 1 aliphatic rings. The number of nitrogens with one attached hydrogen (secondary N) is 1. The van der Waals surface area contributed by atoms with E-state index in [1.54, 1.807) is 7.05 Å². The van der Waals surface area contributed by atoms with Crippen molar-refractivity contribution in [2.24, 2.45) is 0 Å². The van der Waals surface area contributed by atoms with Crippen LogP contribution in [0.1, 0.15) is 0 Å². The molecule has 0 radical (unpaired) electrons. The normalized spacial score (nSPS) is 20.8. The molecule has 1 aliphatic heterocycles. The molecule has 1 unspecified atom stereocenters. The summed E-state index contributed by atoms with van der Waals surface area (Å²) in [6, 6.07) is 0. The Morgan fingerprint density at radius 2 is 2.25 bits per heavy atom. The van der Waals surface area contributed by atoms with E-state index in [1.807, 2.05) is 19.0 Å². The van der Waals surface area contributed by atoms with Crippen molar-refractivity contribution in [2.75, 3.05) is 53.9 Å². The number of hydrogen-bond donors (Lipinski definition) is 1. The van der Waals surface area contributed by atoms with Gasteiger partial charge in [-0.25, -0.2) is 0 Å². The molecule has 1 fully saturated rings. The zero-order valence-electron chi connectivity index (χ0n) is 10.2. The van der Waals surface area contributed by atoms with Crippen LogP contribution in [0, 0.1) is 0 Å². The smallest absolute Gasteiger partial charge is 0.236 e. The number of carbonyl (C=O) groups is 1. The third-order valence-corrected chi connectivity index (χ3v) is 2.39. The van der Waals surface area contributed by atoms with Gasteiger partial charge in [-0.2, -0.15) is 0 Å². The highest BCUT2D eigenvalue weighted by Crippen LogP contribution is 2.05. The molecule has 1 amide bonds. The van der Waals surface area contributed by atoms with Crippen molar-refractivity contribution in [3.63, 3.8) is 0 Å². The van der Waals surface area contributed by atoms with Crippen molar-refractivity contribution < 1.29 is 9.53 Å². The molecule has 0 saturated carbocycles. The lowest BCUT2D eigenvalue weighted by Gasteiger charge is -2.34. The fraction of sp³-hybridized carbons (Fsp3) is 0.900. The van der Waals surface area contributed by atoms with Gasteiger partial charge in [0.1, 0.15) is 0 Å². The summed E-state index contributed by atoms with van der Waals surface area (Å²) in [7, 11) is 5.81. The van der Waals surface area contributed by atoms with Crippen LogP contribution >= 0.6 is 12.4 Å². The van der Waals surface area contributed by atoms with Crippen molar-refractivity contribution in [2.45, 2.75) is 6.10 Å². The van der Waals surface area contributed by atoms with Crippen molar-refractivity contribution >= 4 is 18.3 Å². The lowest BCUT2D eigenvalue weighted by atomic mass is 10.2. The van der Waals surface area contributed by atoms with Crippen LogP contribution in [0.3, 0.4) is 0 Å². The van der Waals surface area contributed by atoms with E-state index in [0.29, 0.717) is 26.2 Å². The molecule has 0 aromatic rings. The zero-order chi connectivity index (χ0) is 11.3. The highest BCUT2D eigenvalue weighted by molar-refractivity contribution is 5.85. The second-order valence-corrected chi connectivity index (χ2v) is 4.13. The molecule has 1 saturated heterocycles. The predicted octanol–water partition coefficient (Wildman–Crippen LogP) is -0.583. The summed E-state index contributed by atoms with van der Waals surface area (Å²) < 4.78 is 5.59. The molecular formula is C10H22ClN3O2. The van der Waals surface area contributed by atoms with E-state index in [4.69, 9.17) is 4.74 Å². The van der Waals surface area contributed by atoms with Crippen LogP contribution in [0.4, 0.5) is 0 Å². The molecule has 5 nitrogen and oxygen atoms in total. The number of likely N-dealkylation sites (N-methyl/N-ethyl adjacent to an activating group) is 2. The predicted molar refractivity (Wildman–Crippen MR) is 66.0 cm³/mol. The molecule has 0 bridgehead atoms. The van der Waals surface area contributed by atoms with Crippen molar-refractivity contribution in [1.82, 2.24) is 15.1 Å². The number of rotatable bonds is 4. The number of ether oxygens (including phenoxy) is 1. The fourth-order valence-corrected chi connectivity index (χ4v) is 1.73. The van der Waals surface area contributed by atoms with Gasteiger partial charge < -0.3 is 19.9 Å². The minimum atomic E-state index is 0. The summed E-state index contributed by atoms with van der Waals surface area (Å²) in [5.74, 6) is 0.157. The van der Waals surface area contributed by atoms with Gasteiger partial charge in [0.05, 0.1) is 19.3 Å². The van der Waals surface area contributed by atoms with Gasteiger partial charge in [0, 0.05) is 19.6 Å². The lowest BCUT2D eigenvalue weighted by Crippen LogP contribution is -2.50. The first-order chi connectivity index (χ1) is 7.13. The fourth-order valence-electron chi connectivity index (χ4n) is 1.73. The van der Waals surface area contributed by atoms with Crippen LogP contribution in [0.15, 0.2) is 0 Å². The van der Waals surface area contributed by atoms with E-state index in [-0.39, 0.29) is 24.4 Å².